The molecule has 0 saturated heterocycles. The van der Waals surface area contributed by atoms with E-state index in [9.17, 15) is 15.0 Å². The summed E-state index contributed by atoms with van der Waals surface area (Å²) in [4.78, 5) is 21.8. The summed E-state index contributed by atoms with van der Waals surface area (Å²) in [5.74, 6) is 0.147. The molecule has 1 aromatic carbocycles. The molecule has 0 fully saturated rings. The van der Waals surface area contributed by atoms with E-state index in [1.54, 1.807) is 11.3 Å². The van der Waals surface area contributed by atoms with Gasteiger partial charge in [0.1, 0.15) is 23.1 Å². The first-order valence-corrected chi connectivity index (χ1v) is 8.51. The Balaban J connectivity index is 2.07. The Kier molecular flexibility index (Phi) is 3.86. The number of aromatic nitrogens is 5. The molecule has 4 rings (SSSR count). The van der Waals surface area contributed by atoms with Crippen LogP contribution in [-0.2, 0) is 5.60 Å². The van der Waals surface area contributed by atoms with E-state index in [0.717, 1.165) is 5.52 Å². The third-order valence-corrected chi connectivity index (χ3v) is 4.46. The van der Waals surface area contributed by atoms with Crippen LogP contribution in [0.1, 0.15) is 32.7 Å². The second kappa shape index (κ2) is 6.00. The summed E-state index contributed by atoms with van der Waals surface area (Å²) < 4.78 is 8.33. The Morgan fingerprint density at radius 2 is 1.96 bits per heavy atom. The van der Waals surface area contributed by atoms with Gasteiger partial charge in [-0.1, -0.05) is 17.3 Å². The molecule has 3 heterocycles. The molecule has 27 heavy (non-hydrogen) atoms. The van der Waals surface area contributed by atoms with Crippen molar-refractivity contribution in [2.45, 2.75) is 32.4 Å². The van der Waals surface area contributed by atoms with E-state index in [0.29, 0.717) is 5.52 Å². The topological polar surface area (TPSA) is 119 Å². The number of rotatable bonds is 4. The second-order valence-corrected chi connectivity index (χ2v) is 6.99. The smallest absolute Gasteiger partial charge is 0.278 e. The van der Waals surface area contributed by atoms with E-state index >= 15 is 0 Å². The Morgan fingerprint density at radius 3 is 2.59 bits per heavy atom. The lowest BCUT2D eigenvalue weighted by atomic mass is 10.1. The average molecular weight is 369 g/mol. The molecule has 9 nitrogen and oxygen atoms in total. The molecule has 1 atom stereocenters. The van der Waals surface area contributed by atoms with Crippen molar-refractivity contribution in [2.24, 2.45) is 0 Å². The summed E-state index contributed by atoms with van der Waals surface area (Å²) in [5, 5.41) is 23.5. The van der Waals surface area contributed by atoms with Crippen molar-refractivity contribution in [3.05, 3.63) is 46.8 Å². The highest BCUT2D eigenvalue weighted by Gasteiger charge is 2.27. The predicted molar refractivity (Wildman–Crippen MR) is 97.3 cm³/mol. The number of para-hydroxylation sites is 2. The molecule has 0 bridgehead atoms. The number of aliphatic hydroxyl groups excluding tert-OH is 1. The first-order valence-electron chi connectivity index (χ1n) is 8.51. The van der Waals surface area contributed by atoms with Gasteiger partial charge in [-0.05, 0) is 32.9 Å². The fourth-order valence-corrected chi connectivity index (χ4v) is 3.08. The van der Waals surface area contributed by atoms with Gasteiger partial charge in [-0.15, -0.1) is 0 Å². The monoisotopic (exact) mass is 369 g/mol. The fourth-order valence-electron chi connectivity index (χ4n) is 3.08. The maximum Gasteiger partial charge on any atom is 0.278 e. The van der Waals surface area contributed by atoms with E-state index in [-0.39, 0.29) is 35.1 Å². The Hall–Kier alpha value is -3.04. The highest BCUT2D eigenvalue weighted by atomic mass is 16.5. The van der Waals surface area contributed by atoms with Gasteiger partial charge in [0.25, 0.3) is 11.4 Å². The lowest BCUT2D eigenvalue weighted by molar-refractivity contribution is 0.0420. The molecule has 140 valence electrons. The second-order valence-electron chi connectivity index (χ2n) is 6.99. The molecular weight excluding hydrogens is 350 g/mol. The van der Waals surface area contributed by atoms with Crippen LogP contribution in [0.5, 0.6) is 0 Å². The molecule has 0 radical (unpaired) electrons. The zero-order valence-electron chi connectivity index (χ0n) is 15.1. The molecule has 0 amide bonds. The van der Waals surface area contributed by atoms with Crippen LogP contribution in [0.2, 0.25) is 0 Å². The fraction of sp³-hybridized carbons (Fsp3) is 0.333. The maximum absolute atomic E-state index is 13.3. The Labute approximate surface area is 153 Å². The predicted octanol–water partition coefficient (Wildman–Crippen LogP) is 1.48. The average Bonchev–Trinajstić information content (AvgIpc) is 3.28. The summed E-state index contributed by atoms with van der Waals surface area (Å²) >= 11 is 0. The Bertz CT molecular complexity index is 1200. The minimum Gasteiger partial charge on any atom is -0.394 e. The number of hydrogen-bond donors (Lipinski definition) is 2. The van der Waals surface area contributed by atoms with Gasteiger partial charge in [0.05, 0.1) is 23.7 Å². The lowest BCUT2D eigenvalue weighted by Crippen LogP contribution is -2.27. The van der Waals surface area contributed by atoms with Crippen LogP contribution in [0.25, 0.3) is 28.1 Å². The van der Waals surface area contributed by atoms with Gasteiger partial charge in [-0.2, -0.15) is 4.98 Å². The van der Waals surface area contributed by atoms with E-state index < -0.39 is 11.6 Å². The molecule has 2 N–H and O–H groups in total. The van der Waals surface area contributed by atoms with Crippen LogP contribution >= 0.6 is 0 Å². The molecule has 0 aliphatic rings. The largest absolute Gasteiger partial charge is 0.394 e. The first kappa shape index (κ1) is 17.4. The van der Waals surface area contributed by atoms with Crippen molar-refractivity contribution in [3.8, 4) is 11.5 Å². The van der Waals surface area contributed by atoms with Crippen molar-refractivity contribution in [3.63, 3.8) is 0 Å². The number of aliphatic hydroxyl groups is 2. The van der Waals surface area contributed by atoms with E-state index in [1.807, 2.05) is 24.3 Å². The summed E-state index contributed by atoms with van der Waals surface area (Å²) in [6.45, 7) is 4.63. The van der Waals surface area contributed by atoms with Gasteiger partial charge >= 0.3 is 0 Å². The molecule has 4 aromatic rings. The van der Waals surface area contributed by atoms with Crippen LogP contribution in [0.3, 0.4) is 0 Å². The normalized spacial score (nSPS) is 13.5. The molecule has 0 saturated carbocycles. The lowest BCUT2D eigenvalue weighted by Gasteiger charge is -2.17. The third kappa shape index (κ3) is 2.63. The van der Waals surface area contributed by atoms with Gasteiger partial charge in [0.15, 0.2) is 0 Å². The van der Waals surface area contributed by atoms with E-state index in [1.165, 1.54) is 24.7 Å². The number of hydrogen-bond acceptors (Lipinski definition) is 7. The van der Waals surface area contributed by atoms with Crippen LogP contribution in [0.15, 0.2) is 39.9 Å². The summed E-state index contributed by atoms with van der Waals surface area (Å²) in [6, 6.07) is 6.96. The van der Waals surface area contributed by atoms with Gasteiger partial charge in [0, 0.05) is 0 Å². The maximum atomic E-state index is 13.3. The van der Waals surface area contributed by atoms with Crippen LogP contribution in [-0.4, -0.2) is 40.9 Å². The van der Waals surface area contributed by atoms with Gasteiger partial charge in [0.2, 0.25) is 5.82 Å². The van der Waals surface area contributed by atoms with Gasteiger partial charge in [-0.3, -0.25) is 13.8 Å². The van der Waals surface area contributed by atoms with Crippen molar-refractivity contribution in [2.75, 3.05) is 6.61 Å². The molecule has 3 aromatic heterocycles. The first-order chi connectivity index (χ1) is 12.8. The van der Waals surface area contributed by atoms with E-state index in [4.69, 9.17) is 4.52 Å². The zero-order valence-corrected chi connectivity index (χ0v) is 15.1. The molecule has 0 aliphatic heterocycles. The van der Waals surface area contributed by atoms with Gasteiger partial charge in [-0.25, -0.2) is 4.98 Å². The van der Waals surface area contributed by atoms with Gasteiger partial charge < -0.3 is 14.7 Å². The molecule has 1 unspecified atom stereocenters. The summed E-state index contributed by atoms with van der Waals surface area (Å²) in [5.41, 5.74) is 0.348. The van der Waals surface area contributed by atoms with Crippen molar-refractivity contribution in [1.29, 1.82) is 0 Å². The van der Waals surface area contributed by atoms with Crippen molar-refractivity contribution in [1.82, 2.24) is 24.1 Å². The molecule has 0 spiro atoms. The minimum atomic E-state index is -1.31. The number of benzene rings is 1. The van der Waals surface area contributed by atoms with Crippen LogP contribution in [0.4, 0.5) is 0 Å². The highest BCUT2D eigenvalue weighted by Crippen LogP contribution is 2.26. The SMILES string of the molecule is CC(CO)n1c(=O)c2c(-c3noc(C(C)(C)O)n3)ncn2c2ccccc21. The van der Waals surface area contributed by atoms with Crippen LogP contribution < -0.4 is 5.56 Å². The molecule has 9 heteroatoms. The Morgan fingerprint density at radius 1 is 1.26 bits per heavy atom. The zero-order chi connectivity index (χ0) is 19.3. The standard InChI is InChI=1S/C18H19N5O4/c1-10(8-24)23-12-7-5-4-6-11(12)22-9-19-13(14(22)16(23)25)15-20-17(27-21-15)18(2,3)26/h4-7,9-10,24,26H,8H2,1-3H3. The molecule has 0 aliphatic carbocycles. The summed E-state index contributed by atoms with van der Waals surface area (Å²) in [7, 11) is 0. The van der Waals surface area contributed by atoms with Crippen molar-refractivity contribution < 1.29 is 14.7 Å². The van der Waals surface area contributed by atoms with Crippen molar-refractivity contribution >= 4 is 16.6 Å². The highest BCUT2D eigenvalue weighted by molar-refractivity contribution is 5.83. The minimum absolute atomic E-state index is 0.0310. The third-order valence-electron chi connectivity index (χ3n) is 4.46. The van der Waals surface area contributed by atoms with Crippen LogP contribution in [0, 0.1) is 0 Å². The number of nitrogens with zero attached hydrogens (tertiary/aromatic N) is 5. The summed E-state index contributed by atoms with van der Waals surface area (Å²) in [6.07, 6.45) is 1.53. The number of imidazole rings is 1. The number of fused-ring (bicyclic) bond motifs is 3. The quantitative estimate of drug-likeness (QED) is 0.559. The van der Waals surface area contributed by atoms with E-state index in [2.05, 4.69) is 15.1 Å². The molecular formula is C18H19N5O4.